The number of nitrogens with zero attached hydrogens (tertiary/aromatic N) is 3. The molecule has 0 aliphatic rings. The lowest BCUT2D eigenvalue weighted by Gasteiger charge is -2.19. The van der Waals surface area contributed by atoms with Crippen LogP contribution in [-0.4, -0.2) is 25.0 Å². The topological polar surface area (TPSA) is 69.0 Å². The fourth-order valence-corrected chi connectivity index (χ4v) is 1.86. The lowest BCUT2D eigenvalue weighted by molar-refractivity contribution is 0.0993. The summed E-state index contributed by atoms with van der Waals surface area (Å²) in [5.74, 6) is -0.160. The average Bonchev–Trinajstić information content (AvgIpc) is 2.53. The molecule has 2 aromatic rings. The molecule has 1 N–H and O–H groups in total. The van der Waals surface area contributed by atoms with Crippen molar-refractivity contribution in [3.63, 3.8) is 0 Å². The summed E-state index contributed by atoms with van der Waals surface area (Å²) in [6, 6.07) is 10.7. The number of amides is 1. The van der Waals surface area contributed by atoms with Gasteiger partial charge in [0.25, 0.3) is 5.91 Å². The monoisotopic (exact) mass is 266 g/mol. The molecule has 0 unspecified atom stereocenters. The Morgan fingerprint density at radius 1 is 1.40 bits per heavy atom. The lowest BCUT2D eigenvalue weighted by Crippen LogP contribution is -2.27. The van der Waals surface area contributed by atoms with E-state index < -0.39 is 0 Å². The molecule has 2 rings (SSSR count). The molecule has 20 heavy (non-hydrogen) atoms. The van der Waals surface area contributed by atoms with Crippen LogP contribution in [0.3, 0.4) is 0 Å². The first-order valence-corrected chi connectivity index (χ1v) is 6.07. The normalized spacial score (nSPS) is 9.65. The molecule has 0 fully saturated rings. The molecule has 1 aromatic heterocycles. The molecule has 0 atom stereocenters. The van der Waals surface area contributed by atoms with E-state index in [9.17, 15) is 4.79 Å². The second kappa shape index (κ2) is 5.85. The maximum Gasteiger partial charge on any atom is 0.260 e. The number of aromatic nitrogens is 1. The van der Waals surface area contributed by atoms with Crippen molar-refractivity contribution in [1.29, 1.82) is 5.26 Å². The lowest BCUT2D eigenvalue weighted by atomic mass is 10.1. The van der Waals surface area contributed by atoms with Gasteiger partial charge in [0.2, 0.25) is 0 Å². The molecule has 1 heterocycles. The van der Waals surface area contributed by atoms with Crippen molar-refractivity contribution in [2.75, 3.05) is 24.3 Å². The highest BCUT2D eigenvalue weighted by Crippen LogP contribution is 2.20. The van der Waals surface area contributed by atoms with Gasteiger partial charge in [0.1, 0.15) is 0 Å². The number of carbonyl (C=O) groups is 1. The van der Waals surface area contributed by atoms with Crippen LogP contribution in [0.15, 0.2) is 42.7 Å². The molecule has 0 radical (unpaired) electrons. The number of hydrogen-bond acceptors (Lipinski definition) is 4. The number of hydrogen-bond donors (Lipinski definition) is 1. The van der Waals surface area contributed by atoms with Gasteiger partial charge in [0, 0.05) is 26.0 Å². The first-order chi connectivity index (χ1) is 9.67. The molecule has 1 aromatic carbocycles. The zero-order valence-corrected chi connectivity index (χ0v) is 11.3. The third-order valence-electron chi connectivity index (χ3n) is 2.99. The number of carbonyl (C=O) groups excluding carboxylic acids is 1. The van der Waals surface area contributed by atoms with Crippen molar-refractivity contribution in [2.24, 2.45) is 0 Å². The zero-order valence-electron chi connectivity index (χ0n) is 11.3. The van der Waals surface area contributed by atoms with Crippen molar-refractivity contribution >= 4 is 17.3 Å². The maximum absolute atomic E-state index is 12.5. The van der Waals surface area contributed by atoms with Crippen molar-refractivity contribution in [3.05, 3.63) is 53.9 Å². The third-order valence-corrected chi connectivity index (χ3v) is 2.99. The number of anilines is 2. The summed E-state index contributed by atoms with van der Waals surface area (Å²) in [4.78, 5) is 18.0. The van der Waals surface area contributed by atoms with Crippen LogP contribution in [0, 0.1) is 11.3 Å². The van der Waals surface area contributed by atoms with Gasteiger partial charge in [-0.05, 0) is 24.3 Å². The number of rotatable bonds is 3. The molecule has 0 aliphatic carbocycles. The molecule has 0 saturated carbocycles. The van der Waals surface area contributed by atoms with Gasteiger partial charge in [-0.15, -0.1) is 0 Å². The van der Waals surface area contributed by atoms with Crippen molar-refractivity contribution < 1.29 is 4.79 Å². The van der Waals surface area contributed by atoms with Crippen molar-refractivity contribution in [2.45, 2.75) is 0 Å². The minimum Gasteiger partial charge on any atom is -0.386 e. The van der Waals surface area contributed by atoms with E-state index in [2.05, 4.69) is 16.4 Å². The molecule has 1 amide bonds. The van der Waals surface area contributed by atoms with E-state index >= 15 is 0 Å². The molecular weight excluding hydrogens is 252 g/mol. The van der Waals surface area contributed by atoms with E-state index in [-0.39, 0.29) is 5.91 Å². The Bertz CT molecular complexity index is 676. The van der Waals surface area contributed by atoms with Crippen LogP contribution in [0.25, 0.3) is 0 Å². The Morgan fingerprint density at radius 2 is 2.20 bits per heavy atom. The van der Waals surface area contributed by atoms with Gasteiger partial charge >= 0.3 is 0 Å². The molecule has 0 bridgehead atoms. The van der Waals surface area contributed by atoms with Gasteiger partial charge in [0.05, 0.1) is 29.1 Å². The fraction of sp³-hybridized carbons (Fsp3) is 0.133. The first-order valence-electron chi connectivity index (χ1n) is 6.07. The Morgan fingerprint density at radius 3 is 2.90 bits per heavy atom. The summed E-state index contributed by atoms with van der Waals surface area (Å²) >= 11 is 0. The van der Waals surface area contributed by atoms with Crippen LogP contribution in [0.5, 0.6) is 0 Å². The summed E-state index contributed by atoms with van der Waals surface area (Å²) < 4.78 is 0. The Balaban J connectivity index is 2.35. The van der Waals surface area contributed by atoms with E-state index in [0.29, 0.717) is 22.5 Å². The van der Waals surface area contributed by atoms with Gasteiger partial charge in [-0.25, -0.2) is 0 Å². The number of nitriles is 1. The average molecular weight is 266 g/mol. The Hall–Kier alpha value is -2.87. The number of benzene rings is 1. The highest BCUT2D eigenvalue weighted by atomic mass is 16.2. The second-order valence-corrected chi connectivity index (χ2v) is 4.20. The summed E-state index contributed by atoms with van der Waals surface area (Å²) in [5.41, 5.74) is 2.40. The molecule has 0 saturated heterocycles. The van der Waals surface area contributed by atoms with Gasteiger partial charge < -0.3 is 10.2 Å². The summed E-state index contributed by atoms with van der Waals surface area (Å²) in [6.07, 6.45) is 3.18. The molecule has 0 aliphatic heterocycles. The minimum atomic E-state index is -0.160. The van der Waals surface area contributed by atoms with E-state index in [4.69, 9.17) is 5.26 Å². The quantitative estimate of drug-likeness (QED) is 0.925. The van der Waals surface area contributed by atoms with Crippen LogP contribution in [0.1, 0.15) is 15.9 Å². The minimum absolute atomic E-state index is 0.160. The Labute approximate surface area is 117 Å². The predicted molar refractivity (Wildman–Crippen MR) is 77.7 cm³/mol. The largest absolute Gasteiger partial charge is 0.386 e. The van der Waals surface area contributed by atoms with Crippen LogP contribution >= 0.6 is 0 Å². The number of nitrogens with one attached hydrogen (secondary N) is 1. The van der Waals surface area contributed by atoms with E-state index in [0.717, 1.165) is 0 Å². The predicted octanol–water partition coefficient (Wildman–Crippen LogP) is 2.27. The van der Waals surface area contributed by atoms with Crippen molar-refractivity contribution in [1.82, 2.24) is 4.98 Å². The Kier molecular flexibility index (Phi) is 3.96. The molecule has 100 valence electrons. The fourth-order valence-electron chi connectivity index (χ4n) is 1.86. The van der Waals surface area contributed by atoms with Gasteiger partial charge in [-0.3, -0.25) is 9.78 Å². The maximum atomic E-state index is 12.5. The smallest absolute Gasteiger partial charge is 0.260 e. The van der Waals surface area contributed by atoms with Crippen LogP contribution < -0.4 is 10.2 Å². The highest BCUT2D eigenvalue weighted by molar-refractivity contribution is 6.09. The summed E-state index contributed by atoms with van der Waals surface area (Å²) in [5, 5.41) is 11.9. The number of pyridine rings is 1. The van der Waals surface area contributed by atoms with Gasteiger partial charge in [0.15, 0.2) is 0 Å². The standard InChI is InChI=1S/C15H14N4O/c1-17-14-10-18-7-6-13(14)15(20)19(2)12-5-3-4-11(8-12)9-16/h3-8,10,17H,1-2H3. The second-order valence-electron chi connectivity index (χ2n) is 4.20. The van der Waals surface area contributed by atoms with Gasteiger partial charge in [-0.1, -0.05) is 6.07 Å². The summed E-state index contributed by atoms with van der Waals surface area (Å²) in [7, 11) is 3.42. The highest BCUT2D eigenvalue weighted by Gasteiger charge is 2.16. The van der Waals surface area contributed by atoms with Crippen molar-refractivity contribution in [3.8, 4) is 6.07 Å². The van der Waals surface area contributed by atoms with E-state index in [1.165, 1.54) is 4.90 Å². The van der Waals surface area contributed by atoms with Gasteiger partial charge in [-0.2, -0.15) is 5.26 Å². The zero-order chi connectivity index (χ0) is 14.5. The molecule has 0 spiro atoms. The first kappa shape index (κ1) is 13.6. The SMILES string of the molecule is CNc1cnccc1C(=O)N(C)c1cccc(C#N)c1. The third kappa shape index (κ3) is 2.59. The van der Waals surface area contributed by atoms with Crippen LogP contribution in [-0.2, 0) is 0 Å². The molecule has 5 nitrogen and oxygen atoms in total. The van der Waals surface area contributed by atoms with Crippen LogP contribution in [0.4, 0.5) is 11.4 Å². The molecular formula is C15H14N4O. The van der Waals surface area contributed by atoms with E-state index in [1.807, 2.05) is 0 Å². The van der Waals surface area contributed by atoms with E-state index in [1.54, 1.807) is 56.8 Å². The van der Waals surface area contributed by atoms with Crippen LogP contribution in [0.2, 0.25) is 0 Å². The molecule has 5 heteroatoms. The summed E-state index contributed by atoms with van der Waals surface area (Å²) in [6.45, 7) is 0.